The number of benzene rings is 3. The minimum atomic E-state index is -3.97. The van der Waals surface area contributed by atoms with Crippen molar-refractivity contribution < 1.29 is 17.4 Å². The molecule has 1 N–H and O–H groups in total. The van der Waals surface area contributed by atoms with Crippen molar-refractivity contribution in [1.82, 2.24) is 5.43 Å². The molecule has 28 heavy (non-hydrogen) atoms. The molecule has 0 radical (unpaired) electrons. The summed E-state index contributed by atoms with van der Waals surface area (Å²) in [6, 6.07) is 23.7. The molecule has 0 aliphatic heterocycles. The van der Waals surface area contributed by atoms with Gasteiger partial charge in [-0.15, -0.1) is 0 Å². The van der Waals surface area contributed by atoms with Crippen LogP contribution in [-0.2, 0) is 21.3 Å². The lowest BCUT2D eigenvalue weighted by Crippen LogP contribution is -2.19. The van der Waals surface area contributed by atoms with Crippen LogP contribution in [0.3, 0.4) is 0 Å². The highest BCUT2D eigenvalue weighted by Crippen LogP contribution is 2.21. The second-order valence-electron chi connectivity index (χ2n) is 5.84. The standard InChI is InChI=1S/C21H18N2O4S/c24-21(15-17-9-3-1-4-10-17)23-22-16-18-11-7-8-14-20(18)27-28(25,26)19-12-5-2-6-13-19/h1-14,16H,15H2,(H,23,24)/b22-16-. The Morgan fingerprint density at radius 1 is 0.893 bits per heavy atom. The fraction of sp³-hybridized carbons (Fsp3) is 0.0476. The highest BCUT2D eigenvalue weighted by atomic mass is 32.2. The molecule has 0 saturated heterocycles. The Balaban J connectivity index is 1.68. The van der Waals surface area contributed by atoms with E-state index in [4.69, 9.17) is 4.18 Å². The summed E-state index contributed by atoms with van der Waals surface area (Å²) in [5, 5.41) is 3.90. The zero-order chi connectivity index (χ0) is 19.8. The Bertz CT molecular complexity index is 1070. The van der Waals surface area contributed by atoms with E-state index < -0.39 is 10.1 Å². The molecular weight excluding hydrogens is 376 g/mol. The van der Waals surface area contributed by atoms with Gasteiger partial charge in [0.05, 0.1) is 12.6 Å². The molecule has 0 aliphatic carbocycles. The summed E-state index contributed by atoms with van der Waals surface area (Å²) >= 11 is 0. The highest BCUT2D eigenvalue weighted by molar-refractivity contribution is 7.87. The zero-order valence-electron chi connectivity index (χ0n) is 14.9. The average Bonchev–Trinajstić information content (AvgIpc) is 2.70. The van der Waals surface area contributed by atoms with Gasteiger partial charge in [0.1, 0.15) is 4.90 Å². The van der Waals surface area contributed by atoms with E-state index in [0.717, 1.165) is 5.56 Å². The van der Waals surface area contributed by atoms with Gasteiger partial charge < -0.3 is 4.18 Å². The Labute approximate surface area is 163 Å². The Morgan fingerprint density at radius 2 is 1.50 bits per heavy atom. The van der Waals surface area contributed by atoms with Gasteiger partial charge in [0, 0.05) is 5.56 Å². The summed E-state index contributed by atoms with van der Waals surface area (Å²) in [5.41, 5.74) is 3.71. The number of hydrogen-bond donors (Lipinski definition) is 1. The molecule has 0 heterocycles. The smallest absolute Gasteiger partial charge is 0.339 e. The SMILES string of the molecule is O=C(Cc1ccccc1)N/N=C\c1ccccc1OS(=O)(=O)c1ccccc1. The van der Waals surface area contributed by atoms with Crippen molar-refractivity contribution in [1.29, 1.82) is 0 Å². The molecule has 6 nitrogen and oxygen atoms in total. The van der Waals surface area contributed by atoms with Gasteiger partial charge >= 0.3 is 10.1 Å². The predicted molar refractivity (Wildman–Crippen MR) is 107 cm³/mol. The van der Waals surface area contributed by atoms with E-state index in [9.17, 15) is 13.2 Å². The van der Waals surface area contributed by atoms with Crippen molar-refractivity contribution in [2.45, 2.75) is 11.3 Å². The Hall–Kier alpha value is -3.45. The first-order chi connectivity index (χ1) is 13.5. The summed E-state index contributed by atoms with van der Waals surface area (Å²) in [6.45, 7) is 0. The first kappa shape index (κ1) is 19.3. The molecule has 0 bridgehead atoms. The molecule has 3 aromatic rings. The van der Waals surface area contributed by atoms with Crippen LogP contribution in [0.2, 0.25) is 0 Å². The van der Waals surface area contributed by atoms with Crippen LogP contribution >= 0.6 is 0 Å². The molecule has 142 valence electrons. The normalized spacial score (nSPS) is 11.3. The number of nitrogens with zero attached hydrogens (tertiary/aromatic N) is 1. The molecule has 3 rings (SSSR count). The maximum absolute atomic E-state index is 12.4. The van der Waals surface area contributed by atoms with Crippen LogP contribution in [-0.4, -0.2) is 20.5 Å². The summed E-state index contributed by atoms with van der Waals surface area (Å²) in [4.78, 5) is 12.0. The van der Waals surface area contributed by atoms with Gasteiger partial charge in [-0.05, 0) is 29.8 Å². The van der Waals surface area contributed by atoms with Crippen molar-refractivity contribution in [2.75, 3.05) is 0 Å². The Morgan fingerprint density at radius 3 is 2.21 bits per heavy atom. The second kappa shape index (κ2) is 8.96. The number of carbonyl (C=O) groups excluding carboxylic acids is 1. The summed E-state index contributed by atoms with van der Waals surface area (Å²) in [5.74, 6) is -0.162. The molecule has 1 amide bonds. The van der Waals surface area contributed by atoms with Gasteiger partial charge in [0.2, 0.25) is 5.91 Å². The fourth-order valence-electron chi connectivity index (χ4n) is 2.41. The summed E-state index contributed by atoms with van der Waals surface area (Å²) in [7, 11) is -3.97. The van der Waals surface area contributed by atoms with Crippen LogP contribution < -0.4 is 9.61 Å². The molecule has 7 heteroatoms. The van der Waals surface area contributed by atoms with Gasteiger partial charge in [-0.25, -0.2) is 5.43 Å². The van der Waals surface area contributed by atoms with Crippen LogP contribution in [0.15, 0.2) is 94.9 Å². The van der Waals surface area contributed by atoms with Crippen molar-refractivity contribution in [2.24, 2.45) is 5.10 Å². The largest absolute Gasteiger partial charge is 0.378 e. The second-order valence-corrected chi connectivity index (χ2v) is 7.39. The molecule has 0 fully saturated rings. The molecule has 0 aliphatic rings. The quantitative estimate of drug-likeness (QED) is 0.379. The maximum Gasteiger partial charge on any atom is 0.339 e. The minimum Gasteiger partial charge on any atom is -0.378 e. The van der Waals surface area contributed by atoms with Crippen molar-refractivity contribution >= 4 is 22.2 Å². The Kier molecular flexibility index (Phi) is 6.18. The van der Waals surface area contributed by atoms with E-state index in [1.807, 2.05) is 30.3 Å². The number of nitrogens with one attached hydrogen (secondary N) is 1. The average molecular weight is 394 g/mol. The van der Waals surface area contributed by atoms with E-state index in [2.05, 4.69) is 10.5 Å². The number of rotatable bonds is 7. The summed E-state index contributed by atoms with van der Waals surface area (Å²) < 4.78 is 30.0. The molecule has 3 aromatic carbocycles. The highest BCUT2D eigenvalue weighted by Gasteiger charge is 2.17. The molecule has 0 unspecified atom stereocenters. The molecule has 0 atom stereocenters. The van der Waals surface area contributed by atoms with Gasteiger partial charge in [-0.1, -0.05) is 60.7 Å². The molecular formula is C21H18N2O4S. The third kappa shape index (κ3) is 5.28. The van der Waals surface area contributed by atoms with Crippen LogP contribution in [0.25, 0.3) is 0 Å². The number of para-hydroxylation sites is 1. The topological polar surface area (TPSA) is 84.8 Å². The number of hydrogen-bond acceptors (Lipinski definition) is 5. The molecule has 0 spiro atoms. The first-order valence-electron chi connectivity index (χ1n) is 8.49. The first-order valence-corrected chi connectivity index (χ1v) is 9.90. The van der Waals surface area contributed by atoms with E-state index >= 15 is 0 Å². The lowest BCUT2D eigenvalue weighted by atomic mass is 10.1. The number of amides is 1. The molecule has 0 saturated carbocycles. The third-order valence-electron chi connectivity index (χ3n) is 3.75. The predicted octanol–water partition coefficient (Wildman–Crippen LogP) is 3.15. The van der Waals surface area contributed by atoms with E-state index in [1.165, 1.54) is 24.4 Å². The van der Waals surface area contributed by atoms with E-state index in [0.29, 0.717) is 5.56 Å². The summed E-state index contributed by atoms with van der Waals surface area (Å²) in [6.07, 6.45) is 1.54. The van der Waals surface area contributed by atoms with Crippen LogP contribution in [0.4, 0.5) is 0 Å². The van der Waals surface area contributed by atoms with Crippen molar-refractivity contribution in [3.05, 3.63) is 96.1 Å². The maximum atomic E-state index is 12.4. The lowest BCUT2D eigenvalue weighted by molar-refractivity contribution is -0.120. The molecule has 0 aromatic heterocycles. The van der Waals surface area contributed by atoms with Crippen LogP contribution in [0.5, 0.6) is 5.75 Å². The lowest BCUT2D eigenvalue weighted by Gasteiger charge is -2.09. The van der Waals surface area contributed by atoms with Gasteiger partial charge in [-0.2, -0.15) is 13.5 Å². The van der Waals surface area contributed by atoms with E-state index in [1.54, 1.807) is 36.4 Å². The zero-order valence-corrected chi connectivity index (χ0v) is 15.7. The third-order valence-corrected chi connectivity index (χ3v) is 5.00. The van der Waals surface area contributed by atoms with Crippen molar-refractivity contribution in [3.63, 3.8) is 0 Å². The van der Waals surface area contributed by atoms with Crippen molar-refractivity contribution in [3.8, 4) is 5.75 Å². The number of hydrazone groups is 1. The van der Waals surface area contributed by atoms with E-state index in [-0.39, 0.29) is 23.0 Å². The van der Waals surface area contributed by atoms with Gasteiger partial charge in [-0.3, -0.25) is 4.79 Å². The van der Waals surface area contributed by atoms with Crippen LogP contribution in [0, 0.1) is 0 Å². The van der Waals surface area contributed by atoms with Gasteiger partial charge in [0.15, 0.2) is 5.75 Å². The van der Waals surface area contributed by atoms with Gasteiger partial charge in [0.25, 0.3) is 0 Å². The fourth-order valence-corrected chi connectivity index (χ4v) is 3.39. The monoisotopic (exact) mass is 394 g/mol. The van der Waals surface area contributed by atoms with Crippen LogP contribution in [0.1, 0.15) is 11.1 Å². The number of carbonyl (C=O) groups is 1. The minimum absolute atomic E-state index is 0.0536.